The van der Waals surface area contributed by atoms with E-state index < -0.39 is 12.1 Å². The maximum Gasteiger partial charge on any atom is 0.305 e. The molecule has 0 saturated carbocycles. The number of nitrogens with one attached hydrogen (secondary N) is 1. The number of carbonyl (C=O) groups is 2. The highest BCUT2D eigenvalue weighted by Crippen LogP contribution is 2.19. The van der Waals surface area contributed by atoms with Crippen molar-refractivity contribution in [3.05, 3.63) is 12.2 Å². The van der Waals surface area contributed by atoms with Crippen molar-refractivity contribution in [1.29, 1.82) is 0 Å². The van der Waals surface area contributed by atoms with Crippen LogP contribution in [0.3, 0.4) is 0 Å². The first kappa shape index (κ1) is 77.6. The molecule has 0 saturated heterocycles. The zero-order valence-electron chi connectivity index (χ0n) is 53.9. The van der Waals surface area contributed by atoms with Crippen LogP contribution in [0.25, 0.3) is 0 Å². The molecule has 0 aromatic carbocycles. The van der Waals surface area contributed by atoms with Crippen molar-refractivity contribution in [3.63, 3.8) is 0 Å². The summed E-state index contributed by atoms with van der Waals surface area (Å²) in [5.41, 5.74) is 0. The topological polar surface area (TPSA) is 95.9 Å². The number of amides is 1. The molecule has 0 bridgehead atoms. The predicted octanol–water partition coefficient (Wildman–Crippen LogP) is 23.5. The smallest absolute Gasteiger partial charge is 0.305 e. The molecule has 2 unspecified atom stereocenters. The van der Waals surface area contributed by atoms with Gasteiger partial charge < -0.3 is 20.3 Å². The summed E-state index contributed by atoms with van der Waals surface area (Å²) in [7, 11) is 0. The van der Waals surface area contributed by atoms with Crippen LogP contribution in [-0.4, -0.2) is 47.4 Å². The van der Waals surface area contributed by atoms with Gasteiger partial charge in [0.1, 0.15) is 0 Å². The molecule has 6 nitrogen and oxygen atoms in total. The monoisotopic (exact) mass is 1110 g/mol. The molecular weight excluding hydrogens is 971 g/mol. The van der Waals surface area contributed by atoms with Gasteiger partial charge in [-0.2, -0.15) is 0 Å². The van der Waals surface area contributed by atoms with Crippen molar-refractivity contribution >= 4 is 11.9 Å². The largest absolute Gasteiger partial charge is 0.466 e. The number of allylic oxidation sites excluding steroid dienone is 1. The van der Waals surface area contributed by atoms with Crippen molar-refractivity contribution in [2.75, 3.05) is 13.2 Å². The van der Waals surface area contributed by atoms with Crippen LogP contribution < -0.4 is 5.32 Å². The first-order valence-corrected chi connectivity index (χ1v) is 36.5. The number of aliphatic hydroxyl groups excluding tert-OH is 2. The van der Waals surface area contributed by atoms with Gasteiger partial charge in [0.05, 0.1) is 25.4 Å². The molecule has 0 aliphatic rings. The van der Waals surface area contributed by atoms with Crippen LogP contribution in [0, 0.1) is 0 Å². The molecule has 0 heterocycles. The molecule has 6 heteroatoms. The lowest BCUT2D eigenvalue weighted by Gasteiger charge is -2.20. The number of esters is 1. The Labute approximate surface area is 495 Å². The minimum atomic E-state index is -0.840. The van der Waals surface area contributed by atoms with Crippen LogP contribution in [-0.2, 0) is 14.3 Å². The quantitative estimate of drug-likeness (QED) is 0.0320. The second-order valence-electron chi connectivity index (χ2n) is 25.3. The normalized spacial score (nSPS) is 12.5. The van der Waals surface area contributed by atoms with E-state index in [1.807, 2.05) is 6.08 Å². The summed E-state index contributed by atoms with van der Waals surface area (Å²) in [6, 6.07) is -0.623. The number of rotatable bonds is 69. The Balaban J connectivity index is 3.32. The highest BCUT2D eigenvalue weighted by molar-refractivity contribution is 5.76. The van der Waals surface area contributed by atoms with Gasteiger partial charge in [0.15, 0.2) is 0 Å². The summed E-state index contributed by atoms with van der Waals surface area (Å²) in [6.07, 6.45) is 86.0. The second kappa shape index (κ2) is 69.1. The van der Waals surface area contributed by atoms with Gasteiger partial charge >= 0.3 is 5.97 Å². The van der Waals surface area contributed by atoms with Gasteiger partial charge in [-0.25, -0.2) is 0 Å². The van der Waals surface area contributed by atoms with E-state index in [9.17, 15) is 19.8 Å². The third-order valence-corrected chi connectivity index (χ3v) is 17.3. The van der Waals surface area contributed by atoms with Crippen LogP contribution in [0.15, 0.2) is 12.2 Å². The molecule has 0 aliphatic carbocycles. The highest BCUT2D eigenvalue weighted by atomic mass is 16.5. The second-order valence-corrected chi connectivity index (χ2v) is 25.3. The summed E-state index contributed by atoms with van der Waals surface area (Å²) in [6.45, 7) is 4.95. The maximum absolute atomic E-state index is 12.5. The van der Waals surface area contributed by atoms with Gasteiger partial charge in [0.25, 0.3) is 0 Å². The molecule has 0 aromatic heterocycles. The average molecular weight is 1110 g/mol. The molecular formula is C73H143NO5. The lowest BCUT2D eigenvalue weighted by Crippen LogP contribution is -2.45. The lowest BCUT2D eigenvalue weighted by molar-refractivity contribution is -0.143. The fourth-order valence-electron chi connectivity index (χ4n) is 11.8. The van der Waals surface area contributed by atoms with Gasteiger partial charge in [-0.05, 0) is 32.1 Å². The van der Waals surface area contributed by atoms with E-state index in [1.54, 1.807) is 6.08 Å². The van der Waals surface area contributed by atoms with E-state index >= 15 is 0 Å². The fraction of sp³-hybridized carbons (Fsp3) is 0.945. The minimum absolute atomic E-state index is 0.0239. The third kappa shape index (κ3) is 65.6. The average Bonchev–Trinajstić information content (AvgIpc) is 3.45. The Hall–Kier alpha value is -1.40. The maximum atomic E-state index is 12.5. The molecule has 0 aliphatic heterocycles. The summed E-state index contributed by atoms with van der Waals surface area (Å²) in [5.74, 6) is -0.0358. The molecule has 0 aromatic rings. The van der Waals surface area contributed by atoms with Crippen molar-refractivity contribution in [1.82, 2.24) is 5.32 Å². The minimum Gasteiger partial charge on any atom is -0.466 e. The van der Waals surface area contributed by atoms with Gasteiger partial charge in [0, 0.05) is 12.8 Å². The van der Waals surface area contributed by atoms with Gasteiger partial charge in [0.2, 0.25) is 5.91 Å². The fourth-order valence-corrected chi connectivity index (χ4v) is 11.8. The zero-order chi connectivity index (χ0) is 57.1. The summed E-state index contributed by atoms with van der Waals surface area (Å²) in [5, 5.41) is 23.2. The molecule has 2 atom stereocenters. The van der Waals surface area contributed by atoms with Gasteiger partial charge in [-0.1, -0.05) is 386 Å². The van der Waals surface area contributed by atoms with Crippen LogP contribution in [0.1, 0.15) is 418 Å². The predicted molar refractivity (Wildman–Crippen MR) is 347 cm³/mol. The Morgan fingerprint density at radius 3 is 0.861 bits per heavy atom. The van der Waals surface area contributed by atoms with E-state index in [-0.39, 0.29) is 18.5 Å². The first-order chi connectivity index (χ1) is 39.0. The Morgan fingerprint density at radius 2 is 0.582 bits per heavy atom. The van der Waals surface area contributed by atoms with Gasteiger partial charge in [-0.3, -0.25) is 9.59 Å². The summed E-state index contributed by atoms with van der Waals surface area (Å²) in [4.78, 5) is 24.5. The number of hydrogen-bond acceptors (Lipinski definition) is 5. The number of hydrogen-bond donors (Lipinski definition) is 3. The van der Waals surface area contributed by atoms with Crippen molar-refractivity contribution < 1.29 is 24.5 Å². The van der Waals surface area contributed by atoms with E-state index in [0.29, 0.717) is 19.4 Å². The van der Waals surface area contributed by atoms with Crippen molar-refractivity contribution in [2.45, 2.75) is 431 Å². The molecule has 0 spiro atoms. The molecule has 79 heavy (non-hydrogen) atoms. The Morgan fingerprint density at radius 1 is 0.342 bits per heavy atom. The molecule has 1 amide bonds. The van der Waals surface area contributed by atoms with Crippen LogP contribution >= 0.6 is 0 Å². The van der Waals surface area contributed by atoms with Crippen LogP contribution in [0.2, 0.25) is 0 Å². The van der Waals surface area contributed by atoms with E-state index in [0.717, 1.165) is 38.5 Å². The SMILES string of the molecule is CCCCCCCCCCCCCCCC/C=C/C(O)C(CO)NC(=O)CCCCCCCCCCCCCCCCCCCCCCCCCCCCCCCCCCCOC(=O)CCCCCCCCCCCCCCC. The standard InChI is InChI=1S/C73H143NO5/c1-3-5-7-9-11-13-15-17-18-38-42-45-49-53-57-61-65-71(76)70(69-75)74-72(77)66-62-58-54-50-46-43-39-36-34-32-30-28-26-24-22-20-19-21-23-25-27-29-31-33-35-37-40-44-48-52-56-60-64-68-79-73(78)67-63-59-55-51-47-41-16-14-12-10-8-6-4-2/h61,65,70-71,75-76H,3-60,62-64,66-69H2,1-2H3,(H,74,77)/b65-61+. The van der Waals surface area contributed by atoms with E-state index in [2.05, 4.69) is 19.2 Å². The zero-order valence-corrected chi connectivity index (χ0v) is 53.9. The lowest BCUT2D eigenvalue weighted by atomic mass is 10.0. The third-order valence-electron chi connectivity index (χ3n) is 17.3. The highest BCUT2D eigenvalue weighted by Gasteiger charge is 2.18. The van der Waals surface area contributed by atoms with Crippen molar-refractivity contribution in [3.8, 4) is 0 Å². The molecule has 3 N–H and O–H groups in total. The van der Waals surface area contributed by atoms with Crippen molar-refractivity contribution in [2.24, 2.45) is 0 Å². The molecule has 0 rings (SSSR count). The number of carbonyl (C=O) groups excluding carboxylic acids is 2. The molecule has 470 valence electrons. The van der Waals surface area contributed by atoms with Crippen LogP contribution in [0.5, 0.6) is 0 Å². The van der Waals surface area contributed by atoms with Crippen LogP contribution in [0.4, 0.5) is 0 Å². The summed E-state index contributed by atoms with van der Waals surface area (Å²) >= 11 is 0. The van der Waals surface area contributed by atoms with E-state index in [4.69, 9.17) is 4.74 Å². The van der Waals surface area contributed by atoms with Gasteiger partial charge in [-0.15, -0.1) is 0 Å². The first-order valence-electron chi connectivity index (χ1n) is 36.5. The Bertz CT molecular complexity index is 1190. The Kier molecular flexibility index (Phi) is 67.9. The van der Waals surface area contributed by atoms with E-state index in [1.165, 1.54) is 353 Å². The number of unbranched alkanes of at least 4 members (excludes halogenated alkanes) is 58. The molecule has 0 fully saturated rings. The molecule has 0 radical (unpaired) electrons. The number of ether oxygens (including phenoxy) is 1. The number of aliphatic hydroxyl groups is 2. The summed E-state index contributed by atoms with van der Waals surface area (Å²) < 4.78 is 5.49.